The third kappa shape index (κ3) is 5.69. The predicted molar refractivity (Wildman–Crippen MR) is 145 cm³/mol. The van der Waals surface area contributed by atoms with Crippen LogP contribution in [0, 0.1) is 5.92 Å². The van der Waals surface area contributed by atoms with Crippen LogP contribution in [0.15, 0.2) is 51.7 Å². The fourth-order valence-electron chi connectivity index (χ4n) is 6.16. The van der Waals surface area contributed by atoms with Crippen molar-refractivity contribution in [3.8, 4) is 22.6 Å². The van der Waals surface area contributed by atoms with E-state index in [1.54, 1.807) is 20.3 Å². The van der Waals surface area contributed by atoms with E-state index in [9.17, 15) is 9.90 Å². The summed E-state index contributed by atoms with van der Waals surface area (Å²) in [5.41, 5.74) is 1.94. The van der Waals surface area contributed by atoms with Gasteiger partial charge in [0.05, 0.1) is 24.8 Å². The summed E-state index contributed by atoms with van der Waals surface area (Å²) in [6.07, 6.45) is 6.35. The second-order valence-electron chi connectivity index (χ2n) is 10.4. The quantitative estimate of drug-likeness (QED) is 0.414. The van der Waals surface area contributed by atoms with Gasteiger partial charge in [0.2, 0.25) is 0 Å². The van der Waals surface area contributed by atoms with Crippen molar-refractivity contribution < 1.29 is 19.0 Å². The van der Waals surface area contributed by atoms with Crippen LogP contribution in [0.1, 0.15) is 37.7 Å². The molecule has 2 atom stereocenters. The Morgan fingerprint density at radius 3 is 2.65 bits per heavy atom. The highest BCUT2D eigenvalue weighted by Gasteiger charge is 2.34. The zero-order valence-electron chi connectivity index (χ0n) is 21.9. The van der Waals surface area contributed by atoms with Gasteiger partial charge in [-0.3, -0.25) is 4.90 Å². The van der Waals surface area contributed by atoms with Gasteiger partial charge in [0.1, 0.15) is 17.1 Å². The molecule has 2 aliphatic heterocycles. The van der Waals surface area contributed by atoms with E-state index >= 15 is 0 Å². The van der Waals surface area contributed by atoms with Crippen molar-refractivity contribution in [1.29, 1.82) is 0 Å². The van der Waals surface area contributed by atoms with Crippen molar-refractivity contribution in [1.82, 2.24) is 9.80 Å². The van der Waals surface area contributed by atoms with Gasteiger partial charge in [0.25, 0.3) is 0 Å². The number of aromatic hydroxyl groups is 1. The first-order valence-corrected chi connectivity index (χ1v) is 13.5. The summed E-state index contributed by atoms with van der Waals surface area (Å²) in [7, 11) is 3.33. The number of methoxy groups -OCH3 is 2. The Morgan fingerprint density at radius 2 is 1.86 bits per heavy atom. The van der Waals surface area contributed by atoms with E-state index in [-0.39, 0.29) is 5.75 Å². The minimum atomic E-state index is -0.418. The number of phenolic OH excluding ortho intramolecular Hbond substituents is 1. The molecule has 1 aromatic heterocycles. The van der Waals surface area contributed by atoms with Crippen LogP contribution in [-0.4, -0.2) is 68.0 Å². The minimum absolute atomic E-state index is 0.151. The second-order valence-corrected chi connectivity index (χ2v) is 10.4. The van der Waals surface area contributed by atoms with Gasteiger partial charge in [-0.05, 0) is 80.6 Å². The largest absolute Gasteiger partial charge is 0.507 e. The summed E-state index contributed by atoms with van der Waals surface area (Å²) >= 11 is 0. The maximum atomic E-state index is 13.1. The number of fused-ring (bicyclic) bond motifs is 2. The number of ether oxygens (including phenoxy) is 2. The number of nitrogens with zero attached hydrogens (tertiary/aromatic N) is 2. The van der Waals surface area contributed by atoms with Crippen LogP contribution in [0.25, 0.3) is 22.1 Å². The van der Waals surface area contributed by atoms with Crippen LogP contribution in [0.5, 0.6) is 11.5 Å². The molecular formula is C30H38N2O5. The Balaban J connectivity index is 1.44. The molecule has 2 fully saturated rings. The van der Waals surface area contributed by atoms with Crippen molar-refractivity contribution in [3.63, 3.8) is 0 Å². The minimum Gasteiger partial charge on any atom is -0.507 e. The SMILES string of the molecule is COCCN(Cc1c(O)ccc2cc(-c3ccc(OC)cc3)c(=O)oc12)CC1CCCN2CCCCC12. The molecule has 0 saturated carbocycles. The van der Waals surface area contributed by atoms with Crippen LogP contribution in [0.3, 0.4) is 0 Å². The van der Waals surface area contributed by atoms with E-state index in [0.29, 0.717) is 41.8 Å². The summed E-state index contributed by atoms with van der Waals surface area (Å²) in [4.78, 5) is 18.1. The van der Waals surface area contributed by atoms with E-state index in [4.69, 9.17) is 13.9 Å². The molecule has 37 heavy (non-hydrogen) atoms. The molecule has 0 bridgehead atoms. The highest BCUT2D eigenvalue weighted by Crippen LogP contribution is 2.34. The van der Waals surface area contributed by atoms with Gasteiger partial charge in [0.15, 0.2) is 0 Å². The average Bonchev–Trinajstić information content (AvgIpc) is 2.93. The summed E-state index contributed by atoms with van der Waals surface area (Å²) in [5, 5.41) is 11.7. The normalized spacial score (nSPS) is 20.3. The molecule has 0 radical (unpaired) electrons. The molecule has 2 saturated heterocycles. The first-order chi connectivity index (χ1) is 18.1. The van der Waals surface area contributed by atoms with Crippen LogP contribution in [0.2, 0.25) is 0 Å². The number of benzene rings is 2. The van der Waals surface area contributed by atoms with Crippen molar-refractivity contribution in [2.45, 2.75) is 44.7 Å². The maximum absolute atomic E-state index is 13.1. The molecule has 0 amide bonds. The Hall–Kier alpha value is -2.87. The molecule has 0 spiro atoms. The number of piperidine rings is 2. The monoisotopic (exact) mass is 506 g/mol. The van der Waals surface area contributed by atoms with Gasteiger partial charge >= 0.3 is 5.63 Å². The van der Waals surface area contributed by atoms with Crippen LogP contribution < -0.4 is 10.4 Å². The van der Waals surface area contributed by atoms with E-state index in [2.05, 4.69) is 9.80 Å². The van der Waals surface area contributed by atoms with Crippen molar-refractivity contribution >= 4 is 11.0 Å². The van der Waals surface area contributed by atoms with E-state index < -0.39 is 5.63 Å². The van der Waals surface area contributed by atoms with Gasteiger partial charge in [0, 0.05) is 38.2 Å². The third-order valence-corrected chi connectivity index (χ3v) is 8.10. The lowest BCUT2D eigenvalue weighted by Crippen LogP contribution is -2.51. The first kappa shape index (κ1) is 25.8. The molecule has 7 heteroatoms. The summed E-state index contributed by atoms with van der Waals surface area (Å²) in [6.45, 7) is 5.23. The first-order valence-electron chi connectivity index (χ1n) is 13.5. The van der Waals surface area contributed by atoms with Gasteiger partial charge in [-0.2, -0.15) is 0 Å². The van der Waals surface area contributed by atoms with Gasteiger partial charge in [-0.15, -0.1) is 0 Å². The lowest BCUT2D eigenvalue weighted by molar-refractivity contribution is 0.0335. The zero-order valence-corrected chi connectivity index (χ0v) is 21.9. The molecule has 7 nitrogen and oxygen atoms in total. The standard InChI is InChI=1S/C30H38N2O5/c1-35-17-16-31(19-23-6-5-15-32-14-4-3-7-27(23)32)20-26-28(33)13-10-22-18-25(30(34)37-29(22)26)21-8-11-24(36-2)12-9-21/h8-13,18,23,27,33H,3-7,14-17,19-20H2,1-2H3. The number of hydrogen-bond acceptors (Lipinski definition) is 7. The van der Waals surface area contributed by atoms with Crippen LogP contribution >= 0.6 is 0 Å². The highest BCUT2D eigenvalue weighted by molar-refractivity contribution is 5.85. The Kier molecular flexibility index (Phi) is 8.13. The van der Waals surface area contributed by atoms with Gasteiger partial charge in [-0.1, -0.05) is 18.6 Å². The third-order valence-electron chi connectivity index (χ3n) is 8.10. The molecule has 2 aliphatic rings. The van der Waals surface area contributed by atoms with Crippen molar-refractivity contribution in [2.75, 3.05) is 47.0 Å². The molecule has 5 rings (SSSR count). The van der Waals surface area contributed by atoms with E-state index in [1.165, 1.54) is 45.2 Å². The topological polar surface area (TPSA) is 75.4 Å². The van der Waals surface area contributed by atoms with E-state index in [1.807, 2.05) is 36.4 Å². The smallest absolute Gasteiger partial charge is 0.344 e. The second kappa shape index (κ2) is 11.7. The fraction of sp³-hybridized carbons (Fsp3) is 0.500. The Morgan fingerprint density at radius 1 is 1.05 bits per heavy atom. The number of rotatable bonds is 9. The maximum Gasteiger partial charge on any atom is 0.344 e. The Bertz CT molecular complexity index is 1250. The zero-order chi connectivity index (χ0) is 25.8. The molecule has 0 aliphatic carbocycles. The average molecular weight is 507 g/mol. The number of hydrogen-bond donors (Lipinski definition) is 1. The van der Waals surface area contributed by atoms with Gasteiger partial charge < -0.3 is 23.9 Å². The molecule has 2 unspecified atom stereocenters. The van der Waals surface area contributed by atoms with Gasteiger partial charge in [-0.25, -0.2) is 4.79 Å². The molecule has 3 aromatic rings. The predicted octanol–water partition coefficient (Wildman–Crippen LogP) is 4.89. The lowest BCUT2D eigenvalue weighted by Gasteiger charge is -2.45. The molecule has 198 valence electrons. The van der Waals surface area contributed by atoms with Crippen molar-refractivity contribution in [3.05, 3.63) is 58.4 Å². The van der Waals surface area contributed by atoms with Crippen LogP contribution in [-0.2, 0) is 11.3 Å². The molecule has 2 aromatic carbocycles. The Labute approximate surface area is 218 Å². The fourth-order valence-corrected chi connectivity index (χ4v) is 6.16. The van der Waals surface area contributed by atoms with E-state index in [0.717, 1.165) is 29.8 Å². The van der Waals surface area contributed by atoms with Crippen molar-refractivity contribution in [2.24, 2.45) is 5.92 Å². The molecular weight excluding hydrogens is 468 g/mol. The summed E-state index contributed by atoms with van der Waals surface area (Å²) in [6, 6.07) is 13.4. The molecule has 3 heterocycles. The summed E-state index contributed by atoms with van der Waals surface area (Å²) < 4.78 is 16.5. The highest BCUT2D eigenvalue weighted by atomic mass is 16.5. The summed E-state index contributed by atoms with van der Waals surface area (Å²) in [5.74, 6) is 1.47. The molecule has 1 N–H and O–H groups in total. The lowest BCUT2D eigenvalue weighted by atomic mass is 9.83. The number of phenols is 1. The van der Waals surface area contributed by atoms with Crippen LogP contribution in [0.4, 0.5) is 0 Å².